The van der Waals surface area contributed by atoms with Crippen LogP contribution in [0.5, 0.6) is 0 Å². The number of hydrogen-bond acceptors (Lipinski definition) is 3. The fraction of sp³-hybridized carbons (Fsp3) is 0.190. The summed E-state index contributed by atoms with van der Waals surface area (Å²) in [6.07, 6.45) is 6.66. The van der Waals surface area contributed by atoms with Gasteiger partial charge in [-0.05, 0) is 48.7 Å². The van der Waals surface area contributed by atoms with Crippen LogP contribution in [0.15, 0.2) is 67.3 Å². The van der Waals surface area contributed by atoms with Crippen LogP contribution in [0.4, 0.5) is 0 Å². The Kier molecular flexibility index (Phi) is 5.27. The second kappa shape index (κ2) is 7.78. The Labute approximate surface area is 153 Å². The minimum Gasteiger partial charge on any atom is -0.335 e. The van der Waals surface area contributed by atoms with Crippen molar-refractivity contribution in [2.24, 2.45) is 0 Å². The van der Waals surface area contributed by atoms with E-state index in [0.29, 0.717) is 0 Å². The molecule has 0 aliphatic rings. The summed E-state index contributed by atoms with van der Waals surface area (Å²) in [4.78, 5) is 18.2. The molecule has 0 radical (unpaired) electrons. The van der Waals surface area contributed by atoms with E-state index in [9.17, 15) is 4.79 Å². The first-order chi connectivity index (χ1) is 12.6. The average Bonchev–Trinajstić information content (AvgIpc) is 3.21. The molecule has 1 aromatic heterocycles. The molecule has 0 spiro atoms. The highest BCUT2D eigenvalue weighted by Gasteiger charge is 2.15. The molecule has 0 N–H and O–H groups in total. The molecule has 3 aromatic rings. The van der Waals surface area contributed by atoms with Gasteiger partial charge in [-0.15, -0.1) is 0 Å². The van der Waals surface area contributed by atoms with Crippen LogP contribution in [-0.4, -0.2) is 32.6 Å². The Morgan fingerprint density at radius 3 is 2.54 bits per heavy atom. The molecule has 0 aliphatic heterocycles. The summed E-state index contributed by atoms with van der Waals surface area (Å²) in [7, 11) is 1.82. The van der Waals surface area contributed by atoms with Gasteiger partial charge in [-0.3, -0.25) is 4.79 Å². The highest BCUT2D eigenvalue weighted by atomic mass is 16.2. The van der Waals surface area contributed by atoms with Crippen molar-refractivity contribution in [3.63, 3.8) is 0 Å². The number of carbonyl (C=O) groups is 1. The third-order valence-electron chi connectivity index (χ3n) is 4.58. The van der Waals surface area contributed by atoms with E-state index in [1.807, 2.05) is 75.5 Å². The molecule has 0 bridgehead atoms. The maximum absolute atomic E-state index is 12.5. The number of nitrogens with zero attached hydrogens (tertiary/aromatic N) is 4. The van der Waals surface area contributed by atoms with Gasteiger partial charge < -0.3 is 4.90 Å². The Hall–Kier alpha value is -3.21. The summed E-state index contributed by atoms with van der Waals surface area (Å²) in [5.74, 6) is -0.0268. The molecular weight excluding hydrogens is 324 g/mol. The topological polar surface area (TPSA) is 51.0 Å². The van der Waals surface area contributed by atoms with Gasteiger partial charge >= 0.3 is 0 Å². The predicted molar refractivity (Wildman–Crippen MR) is 103 cm³/mol. The fourth-order valence-electron chi connectivity index (χ4n) is 2.71. The zero-order valence-corrected chi connectivity index (χ0v) is 15.2. The van der Waals surface area contributed by atoms with Gasteiger partial charge in [0.25, 0.3) is 0 Å². The van der Waals surface area contributed by atoms with Crippen molar-refractivity contribution in [3.8, 4) is 5.69 Å². The molecule has 0 aliphatic carbocycles. The van der Waals surface area contributed by atoms with Crippen molar-refractivity contribution in [2.45, 2.75) is 19.9 Å². The van der Waals surface area contributed by atoms with Gasteiger partial charge in [-0.25, -0.2) is 9.67 Å². The van der Waals surface area contributed by atoms with Crippen molar-refractivity contribution < 1.29 is 4.79 Å². The third kappa shape index (κ3) is 3.88. The highest BCUT2D eigenvalue weighted by Crippen LogP contribution is 2.21. The van der Waals surface area contributed by atoms with E-state index in [4.69, 9.17) is 0 Å². The van der Waals surface area contributed by atoms with Gasteiger partial charge in [-0.1, -0.05) is 36.4 Å². The van der Waals surface area contributed by atoms with E-state index in [1.54, 1.807) is 22.0 Å². The summed E-state index contributed by atoms with van der Waals surface area (Å²) in [6.45, 7) is 4.05. The molecule has 132 valence electrons. The number of carbonyl (C=O) groups excluding carboxylic acids is 1. The Bertz CT molecular complexity index is 898. The van der Waals surface area contributed by atoms with Crippen LogP contribution in [0, 0.1) is 6.92 Å². The van der Waals surface area contributed by atoms with E-state index in [2.05, 4.69) is 10.1 Å². The first kappa shape index (κ1) is 17.6. The molecule has 1 amide bonds. The summed E-state index contributed by atoms with van der Waals surface area (Å²) < 4.78 is 1.70. The molecule has 5 heteroatoms. The van der Waals surface area contributed by atoms with Crippen LogP contribution in [0.2, 0.25) is 0 Å². The summed E-state index contributed by atoms with van der Waals surface area (Å²) in [6, 6.07) is 15.9. The van der Waals surface area contributed by atoms with Crippen LogP contribution < -0.4 is 0 Å². The van der Waals surface area contributed by atoms with E-state index in [1.165, 1.54) is 6.33 Å². The SMILES string of the molecule is Cc1ccccc1/C=C/C(=O)N(C)[C@@H](C)c1ccc(-n2cncn2)cc1. The van der Waals surface area contributed by atoms with Crippen LogP contribution in [0.3, 0.4) is 0 Å². The van der Waals surface area contributed by atoms with Crippen molar-refractivity contribution in [2.75, 3.05) is 7.05 Å². The molecule has 5 nitrogen and oxygen atoms in total. The van der Waals surface area contributed by atoms with Crippen molar-refractivity contribution in [3.05, 3.63) is 84.0 Å². The molecular formula is C21H22N4O. The zero-order chi connectivity index (χ0) is 18.5. The number of benzene rings is 2. The van der Waals surface area contributed by atoms with Gasteiger partial charge in [0.15, 0.2) is 0 Å². The second-order valence-electron chi connectivity index (χ2n) is 6.25. The minimum atomic E-state index is -0.0335. The average molecular weight is 346 g/mol. The van der Waals surface area contributed by atoms with Gasteiger partial charge in [0.1, 0.15) is 12.7 Å². The molecule has 2 aromatic carbocycles. The van der Waals surface area contributed by atoms with Gasteiger partial charge in [0.05, 0.1) is 11.7 Å². The summed E-state index contributed by atoms with van der Waals surface area (Å²) in [5, 5.41) is 4.12. The predicted octanol–water partition coefficient (Wildman–Crippen LogP) is 3.81. The molecule has 1 atom stereocenters. The molecule has 0 saturated carbocycles. The van der Waals surface area contributed by atoms with E-state index in [0.717, 1.165) is 22.4 Å². The maximum atomic E-state index is 12.5. The fourth-order valence-corrected chi connectivity index (χ4v) is 2.71. The summed E-state index contributed by atoms with van der Waals surface area (Å²) in [5.41, 5.74) is 4.20. The normalized spacial score (nSPS) is 12.3. The number of amides is 1. The van der Waals surface area contributed by atoms with E-state index < -0.39 is 0 Å². The first-order valence-corrected chi connectivity index (χ1v) is 8.51. The van der Waals surface area contributed by atoms with Crippen LogP contribution in [-0.2, 0) is 4.79 Å². The standard InChI is InChI=1S/C21H22N4O/c1-16-6-4-5-7-18(16)10-13-21(26)24(3)17(2)19-8-11-20(12-9-19)25-15-22-14-23-25/h4-15,17H,1-3H3/b13-10+/t17-/m0/s1. The van der Waals surface area contributed by atoms with Crippen molar-refractivity contribution >= 4 is 12.0 Å². The van der Waals surface area contributed by atoms with Gasteiger partial charge in [-0.2, -0.15) is 5.10 Å². The van der Waals surface area contributed by atoms with E-state index in [-0.39, 0.29) is 11.9 Å². The first-order valence-electron chi connectivity index (χ1n) is 8.51. The van der Waals surface area contributed by atoms with Gasteiger partial charge in [0.2, 0.25) is 5.91 Å². The third-order valence-corrected chi connectivity index (χ3v) is 4.58. The number of likely N-dealkylation sites (N-methyl/N-ethyl adjacent to an activating group) is 1. The quantitative estimate of drug-likeness (QED) is 0.660. The lowest BCUT2D eigenvalue weighted by Gasteiger charge is -2.24. The smallest absolute Gasteiger partial charge is 0.246 e. The molecule has 0 fully saturated rings. The Morgan fingerprint density at radius 1 is 1.15 bits per heavy atom. The van der Waals surface area contributed by atoms with Crippen LogP contribution in [0.25, 0.3) is 11.8 Å². The second-order valence-corrected chi connectivity index (χ2v) is 6.25. The summed E-state index contributed by atoms with van der Waals surface area (Å²) >= 11 is 0. The Balaban J connectivity index is 1.69. The lowest BCUT2D eigenvalue weighted by molar-refractivity contribution is -0.126. The largest absolute Gasteiger partial charge is 0.335 e. The highest BCUT2D eigenvalue weighted by molar-refractivity contribution is 5.92. The number of rotatable bonds is 5. The Morgan fingerprint density at radius 2 is 1.88 bits per heavy atom. The molecule has 26 heavy (non-hydrogen) atoms. The number of hydrogen-bond donors (Lipinski definition) is 0. The molecule has 1 heterocycles. The minimum absolute atomic E-state index is 0.0268. The zero-order valence-electron chi connectivity index (χ0n) is 15.2. The van der Waals surface area contributed by atoms with Crippen LogP contribution in [0.1, 0.15) is 29.7 Å². The van der Waals surface area contributed by atoms with Crippen molar-refractivity contribution in [1.29, 1.82) is 0 Å². The lowest BCUT2D eigenvalue weighted by Crippen LogP contribution is -2.28. The van der Waals surface area contributed by atoms with Gasteiger partial charge in [0, 0.05) is 13.1 Å². The maximum Gasteiger partial charge on any atom is 0.246 e. The number of aromatic nitrogens is 3. The monoisotopic (exact) mass is 346 g/mol. The van der Waals surface area contributed by atoms with E-state index >= 15 is 0 Å². The molecule has 0 unspecified atom stereocenters. The lowest BCUT2D eigenvalue weighted by atomic mass is 10.1. The molecule has 0 saturated heterocycles. The van der Waals surface area contributed by atoms with Crippen molar-refractivity contribution in [1.82, 2.24) is 19.7 Å². The molecule has 3 rings (SSSR count). The van der Waals surface area contributed by atoms with Crippen LogP contribution >= 0.6 is 0 Å². The number of aryl methyl sites for hydroxylation is 1.